The summed E-state index contributed by atoms with van der Waals surface area (Å²) in [5.41, 5.74) is 1.06. The number of para-hydroxylation sites is 1. The first-order valence-electron chi connectivity index (χ1n) is 6.15. The second-order valence-corrected chi connectivity index (χ2v) is 4.38. The number of aryl methyl sites for hydroxylation is 1. The molecule has 1 aromatic heterocycles. The Morgan fingerprint density at radius 1 is 1.38 bits per heavy atom. The summed E-state index contributed by atoms with van der Waals surface area (Å²) in [6.45, 7) is 2.16. The number of aromatic carboxylic acids is 1. The quantitative estimate of drug-likeness (QED) is 0.646. The molecule has 2 rings (SSSR count). The molecule has 0 aliphatic rings. The monoisotopic (exact) mass is 287 g/mol. The molecule has 0 saturated heterocycles. The highest BCUT2D eigenvalue weighted by Gasteiger charge is 2.24. The predicted molar refractivity (Wildman–Crippen MR) is 76.4 cm³/mol. The van der Waals surface area contributed by atoms with Crippen molar-refractivity contribution in [1.29, 1.82) is 0 Å². The maximum atomic E-state index is 11.1. The Kier molecular flexibility index (Phi) is 4.13. The van der Waals surface area contributed by atoms with Crippen LogP contribution in [0.1, 0.15) is 21.6 Å². The summed E-state index contributed by atoms with van der Waals surface area (Å²) in [7, 11) is 0. The van der Waals surface area contributed by atoms with Crippen LogP contribution in [-0.2, 0) is 6.54 Å². The molecule has 0 amide bonds. The maximum Gasteiger partial charge on any atom is 0.342 e. The molecular weight excluding hydrogens is 274 g/mol. The SMILES string of the molecule is Cc1cccnc1CNc1cccc(C(=O)O)c1[N+](=O)[O-]. The first-order valence-corrected chi connectivity index (χ1v) is 6.15. The summed E-state index contributed by atoms with van der Waals surface area (Å²) in [5.74, 6) is -1.33. The van der Waals surface area contributed by atoms with E-state index in [1.165, 1.54) is 18.2 Å². The molecule has 0 atom stereocenters. The zero-order chi connectivity index (χ0) is 15.4. The maximum absolute atomic E-state index is 11.1. The average Bonchev–Trinajstić information content (AvgIpc) is 2.45. The summed E-state index contributed by atoms with van der Waals surface area (Å²) in [6, 6.07) is 7.82. The van der Waals surface area contributed by atoms with Crippen LogP contribution >= 0.6 is 0 Å². The van der Waals surface area contributed by atoms with Gasteiger partial charge in [-0.2, -0.15) is 0 Å². The molecule has 0 aliphatic heterocycles. The lowest BCUT2D eigenvalue weighted by molar-refractivity contribution is -0.384. The number of nitrogens with zero attached hydrogens (tertiary/aromatic N) is 2. The minimum absolute atomic E-state index is 0.157. The van der Waals surface area contributed by atoms with Gasteiger partial charge in [0.15, 0.2) is 0 Å². The normalized spacial score (nSPS) is 10.1. The van der Waals surface area contributed by atoms with Gasteiger partial charge in [0.1, 0.15) is 11.3 Å². The molecule has 21 heavy (non-hydrogen) atoms. The van der Waals surface area contributed by atoms with E-state index < -0.39 is 16.6 Å². The van der Waals surface area contributed by atoms with Crippen LogP contribution in [0.5, 0.6) is 0 Å². The smallest absolute Gasteiger partial charge is 0.342 e. The first kappa shape index (κ1) is 14.4. The lowest BCUT2D eigenvalue weighted by Crippen LogP contribution is -2.09. The van der Waals surface area contributed by atoms with E-state index in [1.807, 2.05) is 13.0 Å². The average molecular weight is 287 g/mol. The van der Waals surface area contributed by atoms with Crippen molar-refractivity contribution >= 4 is 17.3 Å². The van der Waals surface area contributed by atoms with Crippen molar-refractivity contribution in [2.24, 2.45) is 0 Å². The zero-order valence-corrected chi connectivity index (χ0v) is 11.2. The number of pyridine rings is 1. The van der Waals surface area contributed by atoms with Gasteiger partial charge in [0.2, 0.25) is 0 Å². The van der Waals surface area contributed by atoms with Crippen LogP contribution in [0.15, 0.2) is 36.5 Å². The van der Waals surface area contributed by atoms with Crippen molar-refractivity contribution < 1.29 is 14.8 Å². The molecule has 7 nitrogen and oxygen atoms in total. The predicted octanol–water partition coefficient (Wildman–Crippen LogP) is 2.61. The van der Waals surface area contributed by atoms with Gasteiger partial charge in [-0.25, -0.2) is 4.79 Å². The van der Waals surface area contributed by atoms with Crippen molar-refractivity contribution in [1.82, 2.24) is 4.98 Å². The van der Waals surface area contributed by atoms with E-state index in [0.717, 1.165) is 11.3 Å². The third-order valence-corrected chi connectivity index (χ3v) is 3.01. The Hall–Kier alpha value is -2.96. The number of carboxylic acids is 1. The van der Waals surface area contributed by atoms with Gasteiger partial charge < -0.3 is 10.4 Å². The van der Waals surface area contributed by atoms with Crippen LogP contribution in [0.2, 0.25) is 0 Å². The van der Waals surface area contributed by atoms with E-state index in [0.29, 0.717) is 0 Å². The zero-order valence-electron chi connectivity index (χ0n) is 11.2. The van der Waals surface area contributed by atoms with Gasteiger partial charge in [-0.3, -0.25) is 15.1 Å². The Balaban J connectivity index is 2.32. The van der Waals surface area contributed by atoms with Gasteiger partial charge in [-0.15, -0.1) is 0 Å². The molecule has 2 N–H and O–H groups in total. The molecule has 7 heteroatoms. The van der Waals surface area contributed by atoms with Crippen molar-refractivity contribution in [2.45, 2.75) is 13.5 Å². The lowest BCUT2D eigenvalue weighted by atomic mass is 10.1. The molecular formula is C14H13N3O4. The topological polar surface area (TPSA) is 105 Å². The Bertz CT molecular complexity index is 700. The molecule has 0 unspecified atom stereocenters. The molecule has 0 aliphatic carbocycles. The fraction of sp³-hybridized carbons (Fsp3) is 0.143. The second kappa shape index (κ2) is 6.00. The van der Waals surface area contributed by atoms with E-state index in [-0.39, 0.29) is 17.8 Å². The van der Waals surface area contributed by atoms with Crippen LogP contribution in [-0.4, -0.2) is 21.0 Å². The number of rotatable bonds is 5. The molecule has 108 valence electrons. The Labute approximate surface area is 120 Å². The molecule has 2 aromatic rings. The van der Waals surface area contributed by atoms with E-state index in [4.69, 9.17) is 5.11 Å². The molecule has 1 aromatic carbocycles. The minimum atomic E-state index is -1.33. The molecule has 0 saturated carbocycles. The van der Waals surface area contributed by atoms with Gasteiger partial charge in [0.05, 0.1) is 17.2 Å². The highest BCUT2D eigenvalue weighted by molar-refractivity contribution is 5.95. The van der Waals surface area contributed by atoms with Crippen molar-refractivity contribution in [3.05, 3.63) is 63.5 Å². The third-order valence-electron chi connectivity index (χ3n) is 3.01. The van der Waals surface area contributed by atoms with Crippen LogP contribution in [0, 0.1) is 17.0 Å². The molecule has 0 spiro atoms. The van der Waals surface area contributed by atoms with Gasteiger partial charge in [0, 0.05) is 6.20 Å². The van der Waals surface area contributed by atoms with Crippen LogP contribution in [0.4, 0.5) is 11.4 Å². The fourth-order valence-corrected chi connectivity index (χ4v) is 1.94. The second-order valence-electron chi connectivity index (χ2n) is 4.38. The number of nitrogens with one attached hydrogen (secondary N) is 1. The number of hydrogen-bond donors (Lipinski definition) is 2. The molecule has 0 radical (unpaired) electrons. The summed E-state index contributed by atoms with van der Waals surface area (Å²) in [6.07, 6.45) is 1.63. The minimum Gasteiger partial charge on any atom is -0.477 e. The highest BCUT2D eigenvalue weighted by Crippen LogP contribution is 2.29. The van der Waals surface area contributed by atoms with Gasteiger partial charge >= 0.3 is 11.7 Å². The summed E-state index contributed by atoms with van der Waals surface area (Å²) in [5, 5.41) is 23.0. The number of carbonyl (C=O) groups is 1. The molecule has 0 fully saturated rings. The third kappa shape index (κ3) is 3.14. The van der Waals surface area contributed by atoms with Crippen molar-refractivity contribution in [3.8, 4) is 0 Å². The van der Waals surface area contributed by atoms with E-state index in [2.05, 4.69) is 10.3 Å². The highest BCUT2D eigenvalue weighted by atomic mass is 16.6. The van der Waals surface area contributed by atoms with Crippen LogP contribution in [0.3, 0.4) is 0 Å². The van der Waals surface area contributed by atoms with Gasteiger partial charge in [-0.05, 0) is 30.7 Å². The van der Waals surface area contributed by atoms with Crippen LogP contribution < -0.4 is 5.32 Å². The number of anilines is 1. The van der Waals surface area contributed by atoms with Crippen LogP contribution in [0.25, 0.3) is 0 Å². The van der Waals surface area contributed by atoms with Gasteiger partial charge in [0.25, 0.3) is 0 Å². The molecule has 0 bridgehead atoms. The summed E-state index contributed by atoms with van der Waals surface area (Å²) in [4.78, 5) is 25.7. The standard InChI is InChI=1S/C14H13N3O4/c1-9-4-3-7-15-12(9)8-16-11-6-2-5-10(14(18)19)13(11)17(20)21/h2-7,16H,8H2,1H3,(H,18,19). The fourth-order valence-electron chi connectivity index (χ4n) is 1.94. The number of carboxylic acid groups (broad SMARTS) is 1. The number of aromatic nitrogens is 1. The van der Waals surface area contributed by atoms with Crippen molar-refractivity contribution in [2.75, 3.05) is 5.32 Å². The number of benzene rings is 1. The first-order chi connectivity index (χ1) is 10.0. The number of hydrogen-bond acceptors (Lipinski definition) is 5. The largest absolute Gasteiger partial charge is 0.477 e. The number of nitro groups is 1. The van der Waals surface area contributed by atoms with E-state index in [9.17, 15) is 14.9 Å². The van der Waals surface area contributed by atoms with E-state index >= 15 is 0 Å². The van der Waals surface area contributed by atoms with Crippen molar-refractivity contribution in [3.63, 3.8) is 0 Å². The lowest BCUT2D eigenvalue weighted by Gasteiger charge is -2.09. The van der Waals surface area contributed by atoms with E-state index in [1.54, 1.807) is 12.3 Å². The summed E-state index contributed by atoms with van der Waals surface area (Å²) < 4.78 is 0. The van der Waals surface area contributed by atoms with Gasteiger partial charge in [-0.1, -0.05) is 12.1 Å². The Morgan fingerprint density at radius 3 is 2.76 bits per heavy atom. The summed E-state index contributed by atoms with van der Waals surface area (Å²) >= 11 is 0. The molecule has 1 heterocycles. The Morgan fingerprint density at radius 2 is 2.14 bits per heavy atom. The number of nitro benzene ring substituents is 1.